The third kappa shape index (κ3) is 4.03. The van der Waals surface area contributed by atoms with Crippen molar-refractivity contribution in [3.8, 4) is 0 Å². The highest BCUT2D eigenvalue weighted by Crippen LogP contribution is 2.37. The monoisotopic (exact) mass is 444 g/mol. The number of piperazine rings is 1. The first-order chi connectivity index (χ1) is 16.2. The second kappa shape index (κ2) is 8.66. The maximum absolute atomic E-state index is 9.78. The van der Waals surface area contributed by atoms with Crippen LogP contribution >= 0.6 is 0 Å². The van der Waals surface area contributed by atoms with Gasteiger partial charge in [0.1, 0.15) is 17.7 Å². The molecule has 170 valence electrons. The zero-order valence-corrected chi connectivity index (χ0v) is 18.5. The van der Waals surface area contributed by atoms with Crippen LogP contribution < -0.4 is 10.6 Å². The molecule has 9 nitrogen and oxygen atoms in total. The fourth-order valence-corrected chi connectivity index (χ4v) is 5.16. The van der Waals surface area contributed by atoms with Gasteiger partial charge < -0.3 is 15.0 Å². The number of rotatable bonds is 5. The number of pyridine rings is 2. The van der Waals surface area contributed by atoms with E-state index in [1.807, 2.05) is 30.9 Å². The van der Waals surface area contributed by atoms with E-state index in [2.05, 4.69) is 47.2 Å². The van der Waals surface area contributed by atoms with E-state index in [0.717, 1.165) is 47.1 Å². The molecule has 1 aliphatic carbocycles. The molecule has 1 atom stereocenters. The highest BCUT2D eigenvalue weighted by Gasteiger charge is 2.23. The molecule has 1 unspecified atom stereocenters. The maximum atomic E-state index is 9.78. The average molecular weight is 445 g/mol. The first-order valence-corrected chi connectivity index (χ1v) is 11.7. The summed E-state index contributed by atoms with van der Waals surface area (Å²) in [6.45, 7) is 3.10. The van der Waals surface area contributed by atoms with Gasteiger partial charge in [-0.25, -0.2) is 9.97 Å². The molecule has 1 saturated heterocycles. The zero-order chi connectivity index (χ0) is 22.2. The van der Waals surface area contributed by atoms with E-state index >= 15 is 0 Å². The van der Waals surface area contributed by atoms with Crippen molar-refractivity contribution in [2.24, 2.45) is 0 Å². The van der Waals surface area contributed by atoms with E-state index in [1.54, 1.807) is 0 Å². The third-order valence-electron chi connectivity index (χ3n) is 6.75. The number of aromatic nitrogens is 5. The van der Waals surface area contributed by atoms with Crippen LogP contribution in [-0.2, 0) is 6.54 Å². The largest absolute Gasteiger partial charge is 0.377 e. The highest BCUT2D eigenvalue weighted by molar-refractivity contribution is 6.06. The van der Waals surface area contributed by atoms with Crippen LogP contribution in [0.1, 0.15) is 37.3 Å². The van der Waals surface area contributed by atoms with Crippen molar-refractivity contribution in [1.29, 1.82) is 0 Å². The molecule has 3 N–H and O–H groups in total. The zero-order valence-electron chi connectivity index (χ0n) is 18.5. The first-order valence-electron chi connectivity index (χ1n) is 11.7. The molecule has 4 aromatic heterocycles. The number of nitrogens with zero attached hydrogens (tertiary/aromatic N) is 6. The van der Waals surface area contributed by atoms with Gasteiger partial charge in [-0.2, -0.15) is 4.98 Å². The molecule has 4 aromatic rings. The lowest BCUT2D eigenvalue weighted by molar-refractivity contribution is 0.0510. The van der Waals surface area contributed by atoms with Crippen molar-refractivity contribution < 1.29 is 5.11 Å². The van der Waals surface area contributed by atoms with E-state index in [-0.39, 0.29) is 0 Å². The van der Waals surface area contributed by atoms with Crippen LogP contribution in [0.5, 0.6) is 0 Å². The van der Waals surface area contributed by atoms with Crippen molar-refractivity contribution in [3.05, 3.63) is 48.5 Å². The van der Waals surface area contributed by atoms with Crippen molar-refractivity contribution in [2.75, 3.05) is 25.0 Å². The van der Waals surface area contributed by atoms with Crippen LogP contribution in [0.2, 0.25) is 0 Å². The van der Waals surface area contributed by atoms with Gasteiger partial charge in [-0.15, -0.1) is 0 Å². The molecule has 0 aromatic carbocycles. The van der Waals surface area contributed by atoms with Crippen molar-refractivity contribution in [2.45, 2.75) is 44.5 Å². The van der Waals surface area contributed by atoms with Gasteiger partial charge in [-0.1, -0.05) is 18.9 Å². The summed E-state index contributed by atoms with van der Waals surface area (Å²) >= 11 is 0. The van der Waals surface area contributed by atoms with E-state index in [4.69, 9.17) is 4.98 Å². The van der Waals surface area contributed by atoms with Gasteiger partial charge in [-0.3, -0.25) is 15.2 Å². The Morgan fingerprint density at radius 3 is 2.79 bits per heavy atom. The van der Waals surface area contributed by atoms with Gasteiger partial charge in [0.2, 0.25) is 5.95 Å². The summed E-state index contributed by atoms with van der Waals surface area (Å²) in [5, 5.41) is 18.3. The molecular formula is C24H28N8O. The standard InChI is InChI=1S/C24H28N8O/c33-22-15-31(10-9-26-22)14-16-5-6-21(27-11-16)29-24-28-12-19-18-7-8-25-13-20(18)32(23(19)30-24)17-3-1-2-4-17/h5-8,11-13,17,22,26,33H,1-4,9-10,14-15H2,(H,27,28,29,30). The van der Waals surface area contributed by atoms with Crippen molar-refractivity contribution in [3.63, 3.8) is 0 Å². The number of anilines is 2. The van der Waals surface area contributed by atoms with E-state index in [0.29, 0.717) is 24.4 Å². The second-order valence-corrected chi connectivity index (χ2v) is 9.01. The topological polar surface area (TPSA) is 104 Å². The van der Waals surface area contributed by atoms with Gasteiger partial charge in [0.15, 0.2) is 0 Å². The molecule has 0 amide bonds. The lowest BCUT2D eigenvalue weighted by Crippen LogP contribution is -2.50. The normalized spacial score (nSPS) is 20.1. The summed E-state index contributed by atoms with van der Waals surface area (Å²) < 4.78 is 2.36. The van der Waals surface area contributed by atoms with Crippen molar-refractivity contribution >= 4 is 33.7 Å². The average Bonchev–Trinajstić information content (AvgIpc) is 3.46. The molecule has 2 aliphatic rings. The molecular weight excluding hydrogens is 416 g/mol. The van der Waals surface area contributed by atoms with E-state index in [9.17, 15) is 5.11 Å². The second-order valence-electron chi connectivity index (χ2n) is 9.01. The van der Waals surface area contributed by atoms with Gasteiger partial charge in [0, 0.05) is 61.6 Å². The third-order valence-corrected chi connectivity index (χ3v) is 6.75. The number of aliphatic hydroxyl groups is 1. The predicted molar refractivity (Wildman–Crippen MR) is 127 cm³/mol. The minimum absolute atomic E-state index is 0.456. The molecule has 1 saturated carbocycles. The summed E-state index contributed by atoms with van der Waals surface area (Å²) in [4.78, 5) is 20.6. The van der Waals surface area contributed by atoms with Crippen LogP contribution in [0.15, 0.2) is 43.0 Å². The van der Waals surface area contributed by atoms with Crippen molar-refractivity contribution in [1.82, 2.24) is 34.7 Å². The van der Waals surface area contributed by atoms with E-state index < -0.39 is 6.23 Å². The number of nitrogens with one attached hydrogen (secondary N) is 2. The Morgan fingerprint density at radius 2 is 1.97 bits per heavy atom. The Labute approximate surface area is 191 Å². The maximum Gasteiger partial charge on any atom is 0.230 e. The molecule has 1 aliphatic heterocycles. The highest BCUT2D eigenvalue weighted by atomic mass is 16.3. The predicted octanol–water partition coefficient (Wildman–Crippen LogP) is 2.96. The van der Waals surface area contributed by atoms with Crippen LogP contribution in [0.25, 0.3) is 21.9 Å². The smallest absolute Gasteiger partial charge is 0.230 e. The Hall–Kier alpha value is -3.14. The lowest BCUT2D eigenvalue weighted by Gasteiger charge is -2.30. The summed E-state index contributed by atoms with van der Waals surface area (Å²) in [6, 6.07) is 6.52. The minimum Gasteiger partial charge on any atom is -0.377 e. The number of fused-ring (bicyclic) bond motifs is 3. The fraction of sp³-hybridized carbons (Fsp3) is 0.417. The Balaban J connectivity index is 1.26. The summed E-state index contributed by atoms with van der Waals surface area (Å²) in [6.07, 6.45) is 12.0. The Kier molecular flexibility index (Phi) is 5.37. The van der Waals surface area contributed by atoms with Gasteiger partial charge in [0.05, 0.1) is 11.7 Å². The van der Waals surface area contributed by atoms with Gasteiger partial charge >= 0.3 is 0 Å². The molecule has 2 fully saturated rings. The summed E-state index contributed by atoms with van der Waals surface area (Å²) in [7, 11) is 0. The van der Waals surface area contributed by atoms with Crippen LogP contribution in [0, 0.1) is 0 Å². The summed E-state index contributed by atoms with van der Waals surface area (Å²) in [5.74, 6) is 1.26. The molecule has 0 bridgehead atoms. The van der Waals surface area contributed by atoms with Crippen LogP contribution in [0.4, 0.5) is 11.8 Å². The summed E-state index contributed by atoms with van der Waals surface area (Å²) in [5.41, 5.74) is 3.20. The number of β-amino-alcohol motifs (C(OH)–C–C–N with tert-alkyl or cyclic N) is 1. The quantitative estimate of drug-likeness (QED) is 0.432. The minimum atomic E-state index is -0.463. The molecule has 6 rings (SSSR count). The SMILES string of the molecule is OC1CN(Cc2ccc(Nc3ncc4c5ccncc5n(C5CCCC5)c4n3)nc2)CCN1. The van der Waals surface area contributed by atoms with Gasteiger partial charge in [0.25, 0.3) is 0 Å². The molecule has 0 radical (unpaired) electrons. The fourth-order valence-electron chi connectivity index (χ4n) is 5.16. The number of hydrogen-bond donors (Lipinski definition) is 3. The first kappa shape index (κ1) is 20.5. The molecule has 33 heavy (non-hydrogen) atoms. The molecule has 0 spiro atoms. The van der Waals surface area contributed by atoms with Gasteiger partial charge in [-0.05, 0) is 30.5 Å². The van der Waals surface area contributed by atoms with Crippen LogP contribution in [0.3, 0.4) is 0 Å². The van der Waals surface area contributed by atoms with Crippen LogP contribution in [-0.4, -0.2) is 60.4 Å². The Bertz CT molecular complexity index is 1260. The Morgan fingerprint density at radius 1 is 1.06 bits per heavy atom. The van der Waals surface area contributed by atoms with E-state index in [1.165, 1.54) is 25.7 Å². The number of aliphatic hydroxyl groups excluding tert-OH is 1. The molecule has 5 heterocycles. The lowest BCUT2D eigenvalue weighted by atomic mass is 10.2. The molecule has 9 heteroatoms. The number of hydrogen-bond acceptors (Lipinski definition) is 8.